The molecule has 1 aromatic rings. The predicted octanol–water partition coefficient (Wildman–Crippen LogP) is 4.32. The Morgan fingerprint density at radius 2 is 1.84 bits per heavy atom. The molecule has 1 fully saturated rings. The van der Waals surface area contributed by atoms with E-state index in [2.05, 4.69) is 45.1 Å². The Hall–Kier alpha value is -0.820. The first-order chi connectivity index (χ1) is 9.10. The lowest BCUT2D eigenvalue weighted by Crippen LogP contribution is -2.38. The van der Waals surface area contributed by atoms with Gasteiger partial charge in [-0.2, -0.15) is 0 Å². The normalized spacial score (nSPS) is 23.6. The van der Waals surface area contributed by atoms with Crippen LogP contribution in [0, 0.1) is 26.7 Å². The number of hydrogen-bond acceptors (Lipinski definition) is 1. The van der Waals surface area contributed by atoms with Gasteiger partial charge in [-0.1, -0.05) is 31.0 Å². The first-order valence-corrected chi connectivity index (χ1v) is 7.90. The molecule has 1 aliphatic rings. The van der Waals surface area contributed by atoms with Gasteiger partial charge in [0.25, 0.3) is 0 Å². The second-order valence-corrected chi connectivity index (χ2v) is 6.37. The molecule has 1 saturated heterocycles. The number of piperidine rings is 1. The summed E-state index contributed by atoms with van der Waals surface area (Å²) in [5.41, 5.74) is 5.91. The van der Waals surface area contributed by atoms with E-state index in [1.807, 2.05) is 0 Å². The molecule has 1 aromatic carbocycles. The lowest BCUT2D eigenvalue weighted by Gasteiger charge is -2.30. The predicted molar refractivity (Wildman–Crippen MR) is 83.8 cm³/mol. The minimum Gasteiger partial charge on any atom is -0.314 e. The molecule has 106 valence electrons. The summed E-state index contributed by atoms with van der Waals surface area (Å²) >= 11 is 0. The van der Waals surface area contributed by atoms with Crippen LogP contribution in [0.5, 0.6) is 0 Å². The van der Waals surface area contributed by atoms with E-state index in [-0.39, 0.29) is 0 Å². The first kappa shape index (κ1) is 14.6. The maximum Gasteiger partial charge on any atom is 0.00728 e. The molecule has 2 atom stereocenters. The fourth-order valence-electron chi connectivity index (χ4n) is 3.61. The summed E-state index contributed by atoms with van der Waals surface area (Å²) in [6.07, 6.45) is 6.62. The van der Waals surface area contributed by atoms with Crippen LogP contribution >= 0.6 is 0 Å². The Kier molecular flexibility index (Phi) is 5.04. The van der Waals surface area contributed by atoms with E-state index in [9.17, 15) is 0 Å². The highest BCUT2D eigenvalue weighted by molar-refractivity contribution is 5.37. The van der Waals surface area contributed by atoms with Gasteiger partial charge >= 0.3 is 0 Å². The SMILES string of the molecule is CCC1CCNC(CCc2c(C)cc(C)cc2C)C1. The zero-order chi connectivity index (χ0) is 13.8. The fourth-order valence-corrected chi connectivity index (χ4v) is 3.61. The van der Waals surface area contributed by atoms with Crippen molar-refractivity contribution < 1.29 is 0 Å². The van der Waals surface area contributed by atoms with Crippen LogP contribution in [-0.4, -0.2) is 12.6 Å². The summed E-state index contributed by atoms with van der Waals surface area (Å²) in [6.45, 7) is 10.3. The molecular weight excluding hydrogens is 230 g/mol. The average molecular weight is 259 g/mol. The number of nitrogens with one attached hydrogen (secondary N) is 1. The summed E-state index contributed by atoms with van der Waals surface area (Å²) in [6, 6.07) is 5.38. The van der Waals surface area contributed by atoms with Crippen LogP contribution in [0.1, 0.15) is 54.9 Å². The summed E-state index contributed by atoms with van der Waals surface area (Å²) in [7, 11) is 0. The molecule has 1 heteroatoms. The van der Waals surface area contributed by atoms with E-state index in [0.29, 0.717) is 0 Å². The Labute approximate surface area is 118 Å². The molecule has 1 N–H and O–H groups in total. The third-order valence-corrected chi connectivity index (χ3v) is 4.76. The van der Waals surface area contributed by atoms with Crippen molar-refractivity contribution in [2.24, 2.45) is 5.92 Å². The average Bonchev–Trinajstić information content (AvgIpc) is 2.37. The third kappa shape index (κ3) is 3.82. The lowest BCUT2D eigenvalue weighted by atomic mass is 9.86. The van der Waals surface area contributed by atoms with Crippen LogP contribution in [0.25, 0.3) is 0 Å². The Morgan fingerprint density at radius 1 is 1.16 bits per heavy atom. The Balaban J connectivity index is 1.95. The van der Waals surface area contributed by atoms with Crippen molar-refractivity contribution in [3.05, 3.63) is 34.4 Å². The molecule has 0 aliphatic carbocycles. The number of aryl methyl sites for hydroxylation is 3. The van der Waals surface area contributed by atoms with Gasteiger partial charge < -0.3 is 5.32 Å². The monoisotopic (exact) mass is 259 g/mol. The summed E-state index contributed by atoms with van der Waals surface area (Å²) in [5, 5.41) is 3.70. The van der Waals surface area contributed by atoms with Crippen LogP contribution in [0.15, 0.2) is 12.1 Å². The van der Waals surface area contributed by atoms with Crippen LogP contribution in [0.2, 0.25) is 0 Å². The number of rotatable bonds is 4. The molecule has 1 nitrogen and oxygen atoms in total. The summed E-state index contributed by atoms with van der Waals surface area (Å²) < 4.78 is 0. The summed E-state index contributed by atoms with van der Waals surface area (Å²) in [4.78, 5) is 0. The highest BCUT2D eigenvalue weighted by Crippen LogP contribution is 2.24. The molecule has 0 amide bonds. The van der Waals surface area contributed by atoms with Gasteiger partial charge in [0.05, 0.1) is 0 Å². The maximum atomic E-state index is 3.70. The minimum absolute atomic E-state index is 0.735. The lowest BCUT2D eigenvalue weighted by molar-refractivity contribution is 0.285. The van der Waals surface area contributed by atoms with Gasteiger partial charge in [0.1, 0.15) is 0 Å². The van der Waals surface area contributed by atoms with Crippen LogP contribution in [-0.2, 0) is 6.42 Å². The second kappa shape index (κ2) is 6.56. The van der Waals surface area contributed by atoms with Crippen molar-refractivity contribution in [1.29, 1.82) is 0 Å². The molecular formula is C18H29N. The van der Waals surface area contributed by atoms with Crippen molar-refractivity contribution in [3.8, 4) is 0 Å². The molecule has 0 bridgehead atoms. The van der Waals surface area contributed by atoms with Gasteiger partial charge in [0, 0.05) is 6.04 Å². The molecule has 0 spiro atoms. The highest BCUT2D eigenvalue weighted by atomic mass is 14.9. The van der Waals surface area contributed by atoms with Crippen LogP contribution in [0.3, 0.4) is 0 Å². The smallest absolute Gasteiger partial charge is 0.00728 e. The standard InChI is InChI=1S/C18H29N/c1-5-16-8-9-19-17(12-16)6-7-18-14(3)10-13(2)11-15(18)4/h10-11,16-17,19H,5-9,12H2,1-4H3. The first-order valence-electron chi connectivity index (χ1n) is 7.90. The highest BCUT2D eigenvalue weighted by Gasteiger charge is 2.20. The zero-order valence-electron chi connectivity index (χ0n) is 13.1. The van der Waals surface area contributed by atoms with E-state index < -0.39 is 0 Å². The van der Waals surface area contributed by atoms with Crippen molar-refractivity contribution in [2.75, 3.05) is 6.54 Å². The van der Waals surface area contributed by atoms with E-state index in [0.717, 1.165) is 12.0 Å². The third-order valence-electron chi connectivity index (χ3n) is 4.76. The Bertz CT molecular complexity index is 399. The number of benzene rings is 1. The van der Waals surface area contributed by atoms with Gasteiger partial charge in [0.15, 0.2) is 0 Å². The largest absolute Gasteiger partial charge is 0.314 e. The van der Waals surface area contributed by atoms with Crippen molar-refractivity contribution >= 4 is 0 Å². The van der Waals surface area contributed by atoms with Crippen molar-refractivity contribution in [1.82, 2.24) is 5.32 Å². The molecule has 0 radical (unpaired) electrons. The van der Waals surface area contributed by atoms with Gasteiger partial charge in [-0.25, -0.2) is 0 Å². The molecule has 2 unspecified atom stereocenters. The molecule has 19 heavy (non-hydrogen) atoms. The van der Waals surface area contributed by atoms with Gasteiger partial charge in [-0.3, -0.25) is 0 Å². The fraction of sp³-hybridized carbons (Fsp3) is 0.667. The van der Waals surface area contributed by atoms with Crippen LogP contribution in [0.4, 0.5) is 0 Å². The molecule has 1 aliphatic heterocycles. The minimum atomic E-state index is 0.735. The maximum absolute atomic E-state index is 3.70. The van der Waals surface area contributed by atoms with E-state index in [4.69, 9.17) is 0 Å². The van der Waals surface area contributed by atoms with Gasteiger partial charge in [-0.05, 0) is 75.6 Å². The molecule has 0 saturated carbocycles. The van der Waals surface area contributed by atoms with E-state index in [1.54, 1.807) is 5.56 Å². The van der Waals surface area contributed by atoms with Gasteiger partial charge in [0.2, 0.25) is 0 Å². The van der Waals surface area contributed by atoms with E-state index >= 15 is 0 Å². The zero-order valence-corrected chi connectivity index (χ0v) is 13.1. The molecule has 2 rings (SSSR count). The topological polar surface area (TPSA) is 12.0 Å². The Morgan fingerprint density at radius 3 is 2.47 bits per heavy atom. The molecule has 1 heterocycles. The second-order valence-electron chi connectivity index (χ2n) is 6.37. The van der Waals surface area contributed by atoms with Crippen molar-refractivity contribution in [2.45, 2.75) is 65.8 Å². The summed E-state index contributed by atoms with van der Waals surface area (Å²) in [5.74, 6) is 0.950. The number of hydrogen-bond donors (Lipinski definition) is 1. The van der Waals surface area contributed by atoms with Gasteiger partial charge in [-0.15, -0.1) is 0 Å². The molecule has 0 aromatic heterocycles. The van der Waals surface area contributed by atoms with Crippen molar-refractivity contribution in [3.63, 3.8) is 0 Å². The van der Waals surface area contributed by atoms with Crippen LogP contribution < -0.4 is 5.32 Å². The van der Waals surface area contributed by atoms with E-state index in [1.165, 1.54) is 55.3 Å². The quantitative estimate of drug-likeness (QED) is 0.849.